The van der Waals surface area contributed by atoms with Gasteiger partial charge in [-0.1, -0.05) is 13.8 Å². The molecule has 0 unspecified atom stereocenters. The van der Waals surface area contributed by atoms with E-state index in [1.165, 1.54) is 48.2 Å². The zero-order chi connectivity index (χ0) is 25.6. The largest absolute Gasteiger partial charge is 0.481 e. The summed E-state index contributed by atoms with van der Waals surface area (Å²) in [6.07, 6.45) is -0.594. The molecule has 1 heterocycles. The number of carbonyl (C=O) groups is 3. The van der Waals surface area contributed by atoms with Crippen molar-refractivity contribution in [3.05, 3.63) is 53.0 Å². The van der Waals surface area contributed by atoms with E-state index in [4.69, 9.17) is 14.6 Å². The van der Waals surface area contributed by atoms with Crippen molar-refractivity contribution < 1.29 is 43.6 Å². The summed E-state index contributed by atoms with van der Waals surface area (Å²) in [5.74, 6) is -3.62. The van der Waals surface area contributed by atoms with E-state index in [1.54, 1.807) is 13.8 Å². The molecule has 0 saturated heterocycles. The number of halogens is 1. The van der Waals surface area contributed by atoms with E-state index in [-0.39, 0.29) is 29.2 Å². The van der Waals surface area contributed by atoms with Crippen LogP contribution in [0.15, 0.2) is 30.3 Å². The van der Waals surface area contributed by atoms with Crippen LogP contribution in [-0.2, 0) is 14.3 Å². The van der Waals surface area contributed by atoms with Gasteiger partial charge in [0.25, 0.3) is 0 Å². The lowest BCUT2D eigenvalue weighted by atomic mass is 10.0. The highest BCUT2D eigenvalue weighted by molar-refractivity contribution is 6.09. The molecule has 10 heteroatoms. The van der Waals surface area contributed by atoms with E-state index in [0.717, 1.165) is 7.11 Å². The molecule has 1 aromatic heterocycles. The number of carboxylic acids is 1. The van der Waals surface area contributed by atoms with Crippen molar-refractivity contribution in [1.29, 1.82) is 0 Å². The van der Waals surface area contributed by atoms with Crippen LogP contribution in [0.3, 0.4) is 0 Å². The van der Waals surface area contributed by atoms with Gasteiger partial charge in [0.15, 0.2) is 0 Å². The number of aliphatic hydroxyl groups is 2. The van der Waals surface area contributed by atoms with Crippen molar-refractivity contribution in [2.24, 2.45) is 0 Å². The molecule has 2 rings (SSSR count). The molecule has 0 bridgehead atoms. The monoisotopic (exact) mass is 477 g/mol. The number of carbonyl (C=O) groups excluding carboxylic acids is 2. The third-order valence-corrected chi connectivity index (χ3v) is 5.07. The van der Waals surface area contributed by atoms with Crippen LogP contribution in [0.25, 0.3) is 17.5 Å². The van der Waals surface area contributed by atoms with Gasteiger partial charge in [0.1, 0.15) is 11.4 Å². The first-order chi connectivity index (χ1) is 16.0. The molecular formula is C24H28FNO8. The molecule has 34 heavy (non-hydrogen) atoms. The summed E-state index contributed by atoms with van der Waals surface area (Å²) < 4.78 is 25.0. The highest BCUT2D eigenvalue weighted by Crippen LogP contribution is 2.37. The molecule has 0 aliphatic rings. The zero-order valence-corrected chi connectivity index (χ0v) is 19.3. The van der Waals surface area contributed by atoms with Gasteiger partial charge >= 0.3 is 17.9 Å². The zero-order valence-electron chi connectivity index (χ0n) is 19.3. The molecule has 0 aliphatic carbocycles. The summed E-state index contributed by atoms with van der Waals surface area (Å²) in [4.78, 5) is 36.3. The maximum atomic E-state index is 13.6. The number of hydrogen-bond acceptors (Lipinski definition) is 7. The van der Waals surface area contributed by atoms with Crippen molar-refractivity contribution in [3.8, 4) is 11.3 Å². The van der Waals surface area contributed by atoms with E-state index in [0.29, 0.717) is 11.3 Å². The Balaban J connectivity index is 2.77. The fourth-order valence-corrected chi connectivity index (χ4v) is 3.66. The van der Waals surface area contributed by atoms with Crippen LogP contribution in [-0.4, -0.2) is 64.2 Å². The van der Waals surface area contributed by atoms with E-state index in [2.05, 4.69) is 0 Å². The minimum absolute atomic E-state index is 0.0336. The first-order valence-corrected chi connectivity index (χ1v) is 10.5. The maximum Gasteiger partial charge on any atom is 0.340 e. The second kappa shape index (κ2) is 11.6. The van der Waals surface area contributed by atoms with Gasteiger partial charge in [-0.25, -0.2) is 14.0 Å². The highest BCUT2D eigenvalue weighted by atomic mass is 19.1. The minimum atomic E-state index is -1.28. The predicted octanol–water partition coefficient (Wildman–Crippen LogP) is 3.05. The minimum Gasteiger partial charge on any atom is -0.481 e. The maximum absolute atomic E-state index is 13.6. The van der Waals surface area contributed by atoms with E-state index in [9.17, 15) is 29.0 Å². The molecule has 1 aromatic carbocycles. The Morgan fingerprint density at radius 2 is 1.59 bits per heavy atom. The van der Waals surface area contributed by atoms with Gasteiger partial charge in [0.2, 0.25) is 0 Å². The number of carboxylic acid groups (broad SMARTS) is 1. The van der Waals surface area contributed by atoms with Crippen LogP contribution in [0.5, 0.6) is 0 Å². The van der Waals surface area contributed by atoms with Gasteiger partial charge in [-0.2, -0.15) is 0 Å². The van der Waals surface area contributed by atoms with Crippen LogP contribution in [0.4, 0.5) is 4.39 Å². The van der Waals surface area contributed by atoms with Crippen LogP contribution < -0.4 is 0 Å². The van der Waals surface area contributed by atoms with Gasteiger partial charge in [0.05, 0.1) is 44.1 Å². The first-order valence-electron chi connectivity index (χ1n) is 10.5. The summed E-state index contributed by atoms with van der Waals surface area (Å²) >= 11 is 0. The Bertz CT molecular complexity index is 1070. The number of aromatic nitrogens is 1. The van der Waals surface area contributed by atoms with E-state index < -0.39 is 42.4 Å². The topological polar surface area (TPSA) is 135 Å². The summed E-state index contributed by atoms with van der Waals surface area (Å²) in [7, 11) is 2.33. The summed E-state index contributed by atoms with van der Waals surface area (Å²) in [5.41, 5.74) is 0.860. The lowest BCUT2D eigenvalue weighted by molar-refractivity contribution is -0.139. The quantitative estimate of drug-likeness (QED) is 0.445. The van der Waals surface area contributed by atoms with Gasteiger partial charge in [0, 0.05) is 18.3 Å². The SMILES string of the molecule is COC(=O)c1c(C(=O)OC)c(C(C)C)n(/C=C/[C@@H](O)C[C@@H](O)CC(=O)O)c1-c1ccc(F)cc1. The molecule has 0 saturated carbocycles. The molecule has 0 amide bonds. The van der Waals surface area contributed by atoms with Gasteiger partial charge in [-0.3, -0.25) is 4.79 Å². The molecule has 2 atom stereocenters. The fraction of sp³-hybridized carbons (Fsp3) is 0.375. The third-order valence-electron chi connectivity index (χ3n) is 5.07. The van der Waals surface area contributed by atoms with Gasteiger partial charge in [-0.05, 0) is 41.8 Å². The number of rotatable bonds is 10. The molecule has 3 N–H and O–H groups in total. The number of nitrogens with zero attached hydrogens (tertiary/aromatic N) is 1. The summed E-state index contributed by atoms with van der Waals surface area (Å²) in [6.45, 7) is 3.57. The number of aliphatic carboxylic acids is 1. The second-order valence-corrected chi connectivity index (χ2v) is 7.89. The number of aliphatic hydroxyl groups excluding tert-OH is 2. The molecule has 2 aromatic rings. The summed E-state index contributed by atoms with van der Waals surface area (Å²) in [5, 5.41) is 28.9. The Labute approximate surface area is 196 Å². The Morgan fingerprint density at radius 3 is 2.09 bits per heavy atom. The second-order valence-electron chi connectivity index (χ2n) is 7.89. The van der Waals surface area contributed by atoms with E-state index >= 15 is 0 Å². The number of hydrogen-bond donors (Lipinski definition) is 3. The van der Waals surface area contributed by atoms with Crippen molar-refractivity contribution in [1.82, 2.24) is 4.57 Å². The van der Waals surface area contributed by atoms with Crippen molar-refractivity contribution >= 4 is 24.1 Å². The van der Waals surface area contributed by atoms with E-state index in [1.807, 2.05) is 0 Å². The highest BCUT2D eigenvalue weighted by Gasteiger charge is 2.33. The molecular weight excluding hydrogens is 449 g/mol. The Kier molecular flexibility index (Phi) is 9.11. The molecule has 0 radical (unpaired) electrons. The van der Waals surface area contributed by atoms with Crippen LogP contribution in [0.1, 0.15) is 59.0 Å². The smallest absolute Gasteiger partial charge is 0.340 e. The molecule has 9 nitrogen and oxygen atoms in total. The average Bonchev–Trinajstić information content (AvgIpc) is 3.11. The molecule has 0 spiro atoms. The number of ether oxygens (including phenoxy) is 2. The Morgan fingerprint density at radius 1 is 1.03 bits per heavy atom. The third kappa shape index (κ3) is 6.09. The van der Waals surface area contributed by atoms with Crippen LogP contribution in [0, 0.1) is 5.82 Å². The molecule has 184 valence electrons. The van der Waals surface area contributed by atoms with Crippen LogP contribution in [0.2, 0.25) is 0 Å². The summed E-state index contributed by atoms with van der Waals surface area (Å²) in [6, 6.07) is 5.25. The number of esters is 2. The lowest BCUT2D eigenvalue weighted by Gasteiger charge is -2.15. The van der Waals surface area contributed by atoms with Gasteiger partial charge in [-0.15, -0.1) is 0 Å². The molecule has 0 fully saturated rings. The van der Waals surface area contributed by atoms with Crippen molar-refractivity contribution in [3.63, 3.8) is 0 Å². The Hall–Kier alpha value is -3.50. The first kappa shape index (κ1) is 26.7. The van der Waals surface area contributed by atoms with Crippen molar-refractivity contribution in [2.75, 3.05) is 14.2 Å². The number of methoxy groups -OCH3 is 2. The van der Waals surface area contributed by atoms with Crippen LogP contribution >= 0.6 is 0 Å². The molecule has 0 aliphatic heterocycles. The fourth-order valence-electron chi connectivity index (χ4n) is 3.66. The average molecular weight is 477 g/mol. The van der Waals surface area contributed by atoms with Crippen molar-refractivity contribution in [2.45, 2.75) is 44.8 Å². The van der Waals surface area contributed by atoms with Gasteiger partial charge < -0.3 is 29.4 Å². The normalized spacial score (nSPS) is 13.2. The number of benzene rings is 1. The lowest BCUT2D eigenvalue weighted by Crippen LogP contribution is -2.19. The standard InChI is InChI=1S/C24H28FNO8/c1-13(2)21-19(23(31)33-3)20(24(32)34-4)22(14-5-7-15(25)8-6-14)26(21)10-9-16(27)11-17(28)12-18(29)30/h5-10,13,16-17,27-28H,11-12H2,1-4H3,(H,29,30)/b10-9+/t16-,17-/m1/s1. The predicted molar refractivity (Wildman–Crippen MR) is 121 cm³/mol.